The normalized spacial score (nSPS) is 11.5. The monoisotopic (exact) mass is 302 g/mol. The first-order valence-corrected chi connectivity index (χ1v) is 5.96. The van der Waals surface area contributed by atoms with Crippen molar-refractivity contribution in [2.75, 3.05) is 19.8 Å². The molecule has 0 bridgehead atoms. The Bertz CT molecular complexity index is 396. The molecule has 17 heavy (non-hydrogen) atoms. The Morgan fingerprint density at radius 3 is 2.88 bits per heavy atom. The van der Waals surface area contributed by atoms with Crippen molar-refractivity contribution in [1.82, 2.24) is 0 Å². The van der Waals surface area contributed by atoms with E-state index in [0.717, 1.165) is 4.47 Å². The number of nitrogens with zero attached hydrogens (tertiary/aromatic N) is 1. The van der Waals surface area contributed by atoms with Gasteiger partial charge in [0, 0.05) is 11.1 Å². The molecule has 0 atom stereocenters. The quantitative estimate of drug-likeness (QED) is 0.277. The first kappa shape index (κ1) is 13.8. The van der Waals surface area contributed by atoms with E-state index < -0.39 is 0 Å². The number of hydrogen-bond acceptors (Lipinski definition) is 4. The number of halogens is 1. The fourth-order valence-corrected chi connectivity index (χ4v) is 1.58. The molecule has 0 aliphatic rings. The lowest BCUT2D eigenvalue weighted by atomic mass is 10.2. The fourth-order valence-electron chi connectivity index (χ4n) is 1.24. The van der Waals surface area contributed by atoms with E-state index in [1.807, 2.05) is 6.92 Å². The molecular formula is C11H15BrN2O3. The third-order valence-electron chi connectivity index (χ3n) is 2.02. The van der Waals surface area contributed by atoms with Gasteiger partial charge in [0.25, 0.3) is 0 Å². The maximum atomic E-state index is 8.66. The first-order chi connectivity index (χ1) is 8.19. The number of rotatable bonds is 6. The highest BCUT2D eigenvalue weighted by Crippen LogP contribution is 2.23. The number of hydrogen-bond donors (Lipinski definition) is 2. The van der Waals surface area contributed by atoms with Crippen LogP contribution in [0.3, 0.4) is 0 Å². The Morgan fingerprint density at radius 2 is 2.24 bits per heavy atom. The van der Waals surface area contributed by atoms with E-state index in [9.17, 15) is 0 Å². The average Bonchev–Trinajstić information content (AvgIpc) is 2.34. The molecule has 0 aliphatic heterocycles. The highest BCUT2D eigenvalue weighted by Gasteiger charge is 2.08. The number of ether oxygens (including phenoxy) is 2. The minimum Gasteiger partial charge on any atom is -0.490 e. The number of amidine groups is 1. The van der Waals surface area contributed by atoms with Gasteiger partial charge >= 0.3 is 0 Å². The number of nitrogens with two attached hydrogens (primary N) is 1. The molecule has 0 aromatic heterocycles. The Morgan fingerprint density at radius 1 is 1.47 bits per heavy atom. The topological polar surface area (TPSA) is 77.1 Å². The van der Waals surface area contributed by atoms with Crippen LogP contribution < -0.4 is 10.5 Å². The third kappa shape index (κ3) is 4.24. The molecule has 3 N–H and O–H groups in total. The molecule has 0 aliphatic carbocycles. The van der Waals surface area contributed by atoms with Crippen LogP contribution in [0, 0.1) is 0 Å². The fraction of sp³-hybridized carbons (Fsp3) is 0.364. The van der Waals surface area contributed by atoms with Gasteiger partial charge in [-0.05, 0) is 25.1 Å². The summed E-state index contributed by atoms with van der Waals surface area (Å²) in [7, 11) is 0. The van der Waals surface area contributed by atoms with Crippen LogP contribution in [0.25, 0.3) is 0 Å². The van der Waals surface area contributed by atoms with E-state index in [4.69, 9.17) is 20.4 Å². The molecule has 0 saturated carbocycles. The summed E-state index contributed by atoms with van der Waals surface area (Å²) in [5, 5.41) is 11.6. The molecule has 0 unspecified atom stereocenters. The van der Waals surface area contributed by atoms with E-state index in [1.165, 1.54) is 0 Å². The summed E-state index contributed by atoms with van der Waals surface area (Å²) in [6, 6.07) is 5.28. The van der Waals surface area contributed by atoms with Gasteiger partial charge in [-0.25, -0.2) is 0 Å². The SMILES string of the molecule is CCOCCOc1cc(Br)ccc1/C(N)=N/O. The predicted octanol–water partition coefficient (Wildman–Crippen LogP) is 1.96. The van der Waals surface area contributed by atoms with E-state index in [1.54, 1.807) is 18.2 Å². The standard InChI is InChI=1S/C11H15BrN2O3/c1-2-16-5-6-17-10-7-8(12)3-4-9(10)11(13)14-15/h3-4,7,15H,2,5-6H2,1H3,(H2,13,14). The van der Waals surface area contributed by atoms with Crippen LogP contribution in [0.5, 0.6) is 5.75 Å². The van der Waals surface area contributed by atoms with Crippen LogP contribution >= 0.6 is 15.9 Å². The molecule has 1 aromatic rings. The van der Waals surface area contributed by atoms with Crippen LogP contribution in [-0.2, 0) is 4.74 Å². The van der Waals surface area contributed by atoms with Crippen LogP contribution in [0.2, 0.25) is 0 Å². The van der Waals surface area contributed by atoms with Gasteiger partial charge in [-0.1, -0.05) is 21.1 Å². The molecule has 1 aromatic carbocycles. The van der Waals surface area contributed by atoms with Crippen molar-refractivity contribution in [1.29, 1.82) is 0 Å². The molecule has 5 nitrogen and oxygen atoms in total. The zero-order chi connectivity index (χ0) is 12.7. The maximum Gasteiger partial charge on any atom is 0.173 e. The van der Waals surface area contributed by atoms with Gasteiger partial charge < -0.3 is 20.4 Å². The van der Waals surface area contributed by atoms with E-state index >= 15 is 0 Å². The van der Waals surface area contributed by atoms with Crippen molar-refractivity contribution in [3.05, 3.63) is 28.2 Å². The largest absolute Gasteiger partial charge is 0.490 e. The van der Waals surface area contributed by atoms with Crippen molar-refractivity contribution >= 4 is 21.8 Å². The molecule has 0 radical (unpaired) electrons. The zero-order valence-electron chi connectivity index (χ0n) is 9.52. The summed E-state index contributed by atoms with van der Waals surface area (Å²) in [5.41, 5.74) is 6.10. The summed E-state index contributed by atoms with van der Waals surface area (Å²) in [4.78, 5) is 0. The lowest BCUT2D eigenvalue weighted by molar-refractivity contribution is 0.110. The minimum atomic E-state index is 0.0175. The van der Waals surface area contributed by atoms with Gasteiger partial charge in [0.1, 0.15) is 12.4 Å². The smallest absolute Gasteiger partial charge is 0.173 e. The number of benzene rings is 1. The first-order valence-electron chi connectivity index (χ1n) is 5.17. The van der Waals surface area contributed by atoms with Crippen molar-refractivity contribution < 1.29 is 14.7 Å². The Kier molecular flexibility index (Phi) is 5.79. The Hall–Kier alpha value is -1.27. The van der Waals surface area contributed by atoms with Gasteiger partial charge in [0.2, 0.25) is 0 Å². The Labute approximate surface area is 108 Å². The van der Waals surface area contributed by atoms with Gasteiger partial charge in [0.05, 0.1) is 12.2 Å². The van der Waals surface area contributed by atoms with E-state index in [0.29, 0.717) is 31.1 Å². The molecule has 94 valence electrons. The second-order valence-electron chi connectivity index (χ2n) is 3.17. The second kappa shape index (κ2) is 7.13. The molecule has 6 heteroatoms. The summed E-state index contributed by atoms with van der Waals surface area (Å²) >= 11 is 3.34. The lowest BCUT2D eigenvalue weighted by Crippen LogP contribution is -2.16. The summed E-state index contributed by atoms with van der Waals surface area (Å²) < 4.78 is 11.5. The van der Waals surface area contributed by atoms with Crippen LogP contribution in [0.4, 0.5) is 0 Å². The van der Waals surface area contributed by atoms with Crippen molar-refractivity contribution in [3.8, 4) is 5.75 Å². The lowest BCUT2D eigenvalue weighted by Gasteiger charge is -2.11. The van der Waals surface area contributed by atoms with Gasteiger partial charge in [-0.15, -0.1) is 0 Å². The second-order valence-corrected chi connectivity index (χ2v) is 4.09. The molecule has 0 amide bonds. The van der Waals surface area contributed by atoms with Crippen molar-refractivity contribution in [2.24, 2.45) is 10.9 Å². The Balaban J connectivity index is 2.77. The summed E-state index contributed by atoms with van der Waals surface area (Å²) in [5.74, 6) is 0.568. The van der Waals surface area contributed by atoms with Gasteiger partial charge in [-0.3, -0.25) is 0 Å². The highest BCUT2D eigenvalue weighted by atomic mass is 79.9. The molecular weight excluding hydrogens is 288 g/mol. The molecule has 0 saturated heterocycles. The van der Waals surface area contributed by atoms with E-state index in [2.05, 4.69) is 21.1 Å². The van der Waals surface area contributed by atoms with Crippen molar-refractivity contribution in [3.63, 3.8) is 0 Å². The maximum absolute atomic E-state index is 8.66. The van der Waals surface area contributed by atoms with Crippen LogP contribution in [0.1, 0.15) is 12.5 Å². The predicted molar refractivity (Wildman–Crippen MR) is 68.6 cm³/mol. The molecule has 0 fully saturated rings. The van der Waals surface area contributed by atoms with Crippen LogP contribution in [0.15, 0.2) is 27.8 Å². The third-order valence-corrected chi connectivity index (χ3v) is 2.51. The minimum absolute atomic E-state index is 0.0175. The zero-order valence-corrected chi connectivity index (χ0v) is 11.1. The molecule has 0 heterocycles. The van der Waals surface area contributed by atoms with Gasteiger partial charge in [0.15, 0.2) is 5.84 Å². The summed E-state index contributed by atoms with van der Waals surface area (Å²) in [6.07, 6.45) is 0. The van der Waals surface area contributed by atoms with Crippen molar-refractivity contribution in [2.45, 2.75) is 6.92 Å². The molecule has 1 rings (SSSR count). The molecule has 0 spiro atoms. The average molecular weight is 303 g/mol. The van der Waals surface area contributed by atoms with Gasteiger partial charge in [-0.2, -0.15) is 0 Å². The number of oxime groups is 1. The summed E-state index contributed by atoms with van der Waals surface area (Å²) in [6.45, 7) is 3.48. The highest BCUT2D eigenvalue weighted by molar-refractivity contribution is 9.10. The van der Waals surface area contributed by atoms with E-state index in [-0.39, 0.29) is 5.84 Å². The van der Waals surface area contributed by atoms with Crippen LogP contribution in [-0.4, -0.2) is 30.9 Å².